The Morgan fingerprint density at radius 2 is 2.00 bits per heavy atom. The summed E-state index contributed by atoms with van der Waals surface area (Å²) in [6.07, 6.45) is -1.17. The lowest BCUT2D eigenvalue weighted by Crippen LogP contribution is -2.64. The van der Waals surface area contributed by atoms with E-state index >= 15 is 0 Å². The van der Waals surface area contributed by atoms with Crippen molar-refractivity contribution in [2.45, 2.75) is 31.3 Å². The number of hydrogen-bond donors (Lipinski definition) is 1. The fourth-order valence-corrected chi connectivity index (χ4v) is 3.52. The van der Waals surface area contributed by atoms with Gasteiger partial charge in [0.05, 0.1) is 25.8 Å². The van der Waals surface area contributed by atoms with Crippen LogP contribution in [-0.4, -0.2) is 52.4 Å². The Labute approximate surface area is 159 Å². The zero-order chi connectivity index (χ0) is 19.8. The van der Waals surface area contributed by atoms with Gasteiger partial charge in [-0.3, -0.25) is 5.32 Å². The van der Waals surface area contributed by atoms with Gasteiger partial charge in [0.15, 0.2) is 0 Å². The van der Waals surface area contributed by atoms with Crippen LogP contribution in [0.4, 0.5) is 23.8 Å². The largest absolute Gasteiger partial charge is 0.573 e. The second-order valence-corrected chi connectivity index (χ2v) is 6.99. The second-order valence-electron chi connectivity index (χ2n) is 6.99. The maximum atomic E-state index is 12.4. The molecular weight excluding hydrogens is 377 g/mol. The van der Waals surface area contributed by atoms with Crippen LogP contribution in [0.1, 0.15) is 18.4 Å². The fourth-order valence-electron chi connectivity index (χ4n) is 3.52. The number of alkyl halides is 3. The average Bonchev–Trinajstić information content (AvgIpc) is 3.24. The summed E-state index contributed by atoms with van der Waals surface area (Å²) in [7, 11) is 0. The molecule has 0 bridgehead atoms. The molecule has 2 fully saturated rings. The van der Waals surface area contributed by atoms with E-state index in [9.17, 15) is 18.0 Å². The van der Waals surface area contributed by atoms with Gasteiger partial charge in [-0.15, -0.1) is 13.2 Å². The van der Waals surface area contributed by atoms with Crippen molar-refractivity contribution in [1.82, 2.24) is 14.7 Å². The Balaban J connectivity index is 1.35. The van der Waals surface area contributed by atoms with E-state index in [0.29, 0.717) is 25.5 Å². The number of likely N-dealkylation sites (tertiary alicyclic amines) is 1. The van der Waals surface area contributed by atoms with Crippen molar-refractivity contribution < 1.29 is 27.4 Å². The number of urea groups is 1. The highest BCUT2D eigenvalue weighted by atomic mass is 19.4. The van der Waals surface area contributed by atoms with E-state index in [0.717, 1.165) is 25.0 Å². The molecule has 1 aromatic carbocycles. The van der Waals surface area contributed by atoms with E-state index in [1.807, 2.05) is 0 Å². The molecule has 0 aliphatic carbocycles. The molecule has 2 aliphatic heterocycles. The molecule has 7 nitrogen and oxygen atoms in total. The molecule has 0 saturated carbocycles. The molecule has 2 aliphatic rings. The summed E-state index contributed by atoms with van der Waals surface area (Å²) in [6, 6.07) is 6.96. The smallest absolute Gasteiger partial charge is 0.406 e. The molecule has 1 spiro atoms. The van der Waals surface area contributed by atoms with Crippen LogP contribution in [0.25, 0.3) is 0 Å². The molecule has 1 aromatic heterocycles. The van der Waals surface area contributed by atoms with Gasteiger partial charge in [-0.2, -0.15) is 5.10 Å². The molecule has 0 radical (unpaired) electrons. The summed E-state index contributed by atoms with van der Waals surface area (Å²) in [5.74, 6) is 0.222. The zero-order valence-electron chi connectivity index (χ0n) is 14.9. The summed E-state index contributed by atoms with van der Waals surface area (Å²) >= 11 is 0. The van der Waals surface area contributed by atoms with Crippen molar-refractivity contribution in [3.63, 3.8) is 0 Å². The number of carbonyl (C=O) groups is 1. The lowest BCUT2D eigenvalue weighted by molar-refractivity contribution is -0.274. The molecule has 150 valence electrons. The van der Waals surface area contributed by atoms with Crippen LogP contribution in [0, 0.1) is 0 Å². The van der Waals surface area contributed by atoms with Crippen molar-refractivity contribution in [3.8, 4) is 5.75 Å². The van der Waals surface area contributed by atoms with Gasteiger partial charge >= 0.3 is 12.4 Å². The van der Waals surface area contributed by atoms with Gasteiger partial charge in [-0.25, -0.2) is 9.48 Å². The molecule has 1 N–H and O–H groups in total. The molecule has 2 aromatic rings. The topological polar surface area (TPSA) is 68.6 Å². The number of carbonyl (C=O) groups excluding carboxylic acids is 1. The van der Waals surface area contributed by atoms with Crippen molar-refractivity contribution in [2.24, 2.45) is 0 Å². The van der Waals surface area contributed by atoms with E-state index in [2.05, 4.69) is 15.2 Å². The molecule has 10 heteroatoms. The van der Waals surface area contributed by atoms with E-state index in [4.69, 9.17) is 4.74 Å². The minimum absolute atomic E-state index is 0.169. The van der Waals surface area contributed by atoms with E-state index in [-0.39, 0.29) is 17.4 Å². The summed E-state index contributed by atoms with van der Waals surface area (Å²) in [5, 5.41) is 6.99. The molecule has 28 heavy (non-hydrogen) atoms. The predicted molar refractivity (Wildman–Crippen MR) is 93.0 cm³/mol. The van der Waals surface area contributed by atoms with Gasteiger partial charge in [0.25, 0.3) is 0 Å². The van der Waals surface area contributed by atoms with Crippen LogP contribution in [-0.2, 0) is 11.3 Å². The zero-order valence-corrected chi connectivity index (χ0v) is 14.9. The number of aromatic nitrogens is 2. The number of ether oxygens (including phenoxy) is 2. The van der Waals surface area contributed by atoms with Crippen LogP contribution in [0.2, 0.25) is 0 Å². The highest BCUT2D eigenvalue weighted by Crippen LogP contribution is 2.35. The lowest BCUT2D eigenvalue weighted by Gasteiger charge is -2.46. The van der Waals surface area contributed by atoms with Crippen LogP contribution < -0.4 is 10.1 Å². The van der Waals surface area contributed by atoms with Gasteiger partial charge in [-0.05, 0) is 30.5 Å². The predicted octanol–water partition coefficient (Wildman–Crippen LogP) is 3.23. The van der Waals surface area contributed by atoms with Gasteiger partial charge in [0.2, 0.25) is 0 Å². The molecule has 2 amide bonds. The maximum absolute atomic E-state index is 12.4. The second kappa shape index (κ2) is 7.01. The van der Waals surface area contributed by atoms with Crippen LogP contribution in [0.5, 0.6) is 5.75 Å². The van der Waals surface area contributed by atoms with Gasteiger partial charge in [-0.1, -0.05) is 12.1 Å². The first-order chi connectivity index (χ1) is 13.3. The first-order valence-corrected chi connectivity index (χ1v) is 8.88. The Kier molecular flexibility index (Phi) is 4.66. The van der Waals surface area contributed by atoms with E-state index in [1.54, 1.807) is 21.8 Å². The van der Waals surface area contributed by atoms with Crippen LogP contribution in [0.15, 0.2) is 36.5 Å². The Bertz CT molecular complexity index is 837. The summed E-state index contributed by atoms with van der Waals surface area (Å²) in [5.41, 5.74) is 0.550. The maximum Gasteiger partial charge on any atom is 0.573 e. The van der Waals surface area contributed by atoms with Gasteiger partial charge in [0.1, 0.15) is 17.2 Å². The summed E-state index contributed by atoms with van der Waals surface area (Å²) in [4.78, 5) is 14.1. The quantitative estimate of drug-likeness (QED) is 0.862. The Morgan fingerprint density at radius 1 is 1.25 bits per heavy atom. The van der Waals surface area contributed by atoms with Crippen molar-refractivity contribution in [2.75, 3.05) is 25.0 Å². The third-order valence-corrected chi connectivity index (χ3v) is 4.87. The van der Waals surface area contributed by atoms with Crippen molar-refractivity contribution in [1.29, 1.82) is 0 Å². The normalized spacial score (nSPS) is 18.2. The number of anilines is 1. The fraction of sp³-hybridized carbons (Fsp3) is 0.444. The van der Waals surface area contributed by atoms with Crippen LogP contribution in [0.3, 0.4) is 0 Å². The standard InChI is InChI=1S/C18H19F3N4O3/c19-18(20,21)28-14-4-2-13(3-5-14)10-25-15(6-8-22-25)23-16(26)24-11-17(12-24)7-1-9-27-17/h2-6,8H,1,7,9-12H2,(H,23,26). The van der Waals surface area contributed by atoms with Crippen molar-refractivity contribution >= 4 is 11.8 Å². The molecule has 0 unspecified atom stereocenters. The first kappa shape index (κ1) is 18.6. The van der Waals surface area contributed by atoms with Gasteiger partial charge in [0, 0.05) is 12.7 Å². The monoisotopic (exact) mass is 396 g/mol. The minimum Gasteiger partial charge on any atom is -0.406 e. The number of amides is 2. The number of nitrogens with one attached hydrogen (secondary N) is 1. The molecule has 2 saturated heterocycles. The third-order valence-electron chi connectivity index (χ3n) is 4.87. The molecular formula is C18H19F3N4O3. The lowest BCUT2D eigenvalue weighted by atomic mass is 9.91. The number of nitrogens with zero attached hydrogens (tertiary/aromatic N) is 3. The summed E-state index contributed by atoms with van der Waals surface area (Å²) in [6.45, 7) is 2.19. The van der Waals surface area contributed by atoms with Crippen LogP contribution >= 0.6 is 0 Å². The Morgan fingerprint density at radius 3 is 2.64 bits per heavy atom. The number of benzene rings is 1. The van der Waals surface area contributed by atoms with Gasteiger partial charge < -0.3 is 14.4 Å². The van der Waals surface area contributed by atoms with E-state index < -0.39 is 6.36 Å². The highest BCUT2D eigenvalue weighted by Gasteiger charge is 2.48. The number of rotatable bonds is 4. The number of hydrogen-bond acceptors (Lipinski definition) is 4. The minimum atomic E-state index is -4.72. The molecule has 4 rings (SSSR count). The third kappa shape index (κ3) is 4.06. The number of halogens is 3. The average molecular weight is 396 g/mol. The SMILES string of the molecule is O=C(Nc1ccnn1Cc1ccc(OC(F)(F)F)cc1)N1CC2(CCCO2)C1. The summed E-state index contributed by atoms with van der Waals surface area (Å²) < 4.78 is 47.8. The molecule has 0 atom stereocenters. The van der Waals surface area contributed by atoms with Crippen molar-refractivity contribution in [3.05, 3.63) is 42.1 Å². The molecule has 3 heterocycles. The highest BCUT2D eigenvalue weighted by molar-refractivity contribution is 5.89. The van der Waals surface area contributed by atoms with E-state index in [1.165, 1.54) is 24.3 Å². The Hall–Kier alpha value is -2.75. The first-order valence-electron chi connectivity index (χ1n) is 8.88.